The molecule has 1 aromatic heterocycles. The highest BCUT2D eigenvalue weighted by Gasteiger charge is 2.45. The summed E-state index contributed by atoms with van der Waals surface area (Å²) in [6, 6.07) is 15.6. The Morgan fingerprint density at radius 3 is 2.45 bits per heavy atom. The van der Waals surface area contributed by atoms with E-state index in [-0.39, 0.29) is 0 Å². The molecule has 0 amide bonds. The quantitative estimate of drug-likeness (QED) is 0.476. The zero-order chi connectivity index (χ0) is 26.1. The highest BCUT2D eigenvalue weighted by atomic mass is 16.5. The van der Waals surface area contributed by atoms with Crippen LogP contribution in [0, 0.1) is 11.3 Å². The van der Waals surface area contributed by atoms with E-state index in [0.717, 1.165) is 54.6 Å². The summed E-state index contributed by atoms with van der Waals surface area (Å²) in [7, 11) is 1.68. The number of methoxy groups -OCH3 is 1. The lowest BCUT2D eigenvalue weighted by molar-refractivity contribution is -0.0416. The normalized spacial score (nSPS) is 21.0. The molecule has 3 aliphatic heterocycles. The van der Waals surface area contributed by atoms with E-state index in [2.05, 4.69) is 43.3 Å². The van der Waals surface area contributed by atoms with Crippen molar-refractivity contribution in [3.8, 4) is 28.7 Å². The largest absolute Gasteiger partial charge is 0.494 e. The second-order valence-electron chi connectivity index (χ2n) is 9.99. The zero-order valence-corrected chi connectivity index (χ0v) is 21.8. The Labute approximate surface area is 223 Å². The number of rotatable bonds is 8. The molecule has 2 aromatic carbocycles. The third-order valence-corrected chi connectivity index (χ3v) is 7.76. The Hall–Kier alpha value is -3.87. The highest BCUT2D eigenvalue weighted by molar-refractivity contribution is 5.70. The topological polar surface area (TPSA) is 95.8 Å². The van der Waals surface area contributed by atoms with Crippen molar-refractivity contribution in [3.63, 3.8) is 0 Å². The van der Waals surface area contributed by atoms with Crippen molar-refractivity contribution < 1.29 is 14.2 Å². The van der Waals surface area contributed by atoms with E-state index in [1.54, 1.807) is 25.6 Å². The average molecular weight is 513 g/mol. The van der Waals surface area contributed by atoms with E-state index in [0.29, 0.717) is 42.0 Å². The molecular weight excluding hydrogens is 480 g/mol. The van der Waals surface area contributed by atoms with Gasteiger partial charge < -0.3 is 24.4 Å². The minimum atomic E-state index is 0.477. The minimum Gasteiger partial charge on any atom is -0.494 e. The standard InChI is InChI=1S/C29H32N6O3/c1-3-38-27-10-19(4-5-20(27)12-30)21-13-31-29(32-14-21)33-26-9-8-22(11-28(26)36-2)34-15-25(16-34)35-23-6-7-24(35)18-37-17-23/h4-5,8-11,13-14,23-25H,3,6-7,15-18H2,1-2H3,(H,31,32,33). The van der Waals surface area contributed by atoms with Crippen LogP contribution in [0.15, 0.2) is 48.8 Å². The fourth-order valence-electron chi connectivity index (χ4n) is 5.82. The molecule has 0 saturated carbocycles. The molecule has 2 unspecified atom stereocenters. The smallest absolute Gasteiger partial charge is 0.227 e. The average Bonchev–Trinajstić information content (AvgIpc) is 3.15. The monoisotopic (exact) mass is 512 g/mol. The van der Waals surface area contributed by atoms with Crippen molar-refractivity contribution in [2.45, 2.75) is 37.9 Å². The number of nitriles is 1. The summed E-state index contributed by atoms with van der Waals surface area (Å²) in [6.45, 7) is 6.22. The van der Waals surface area contributed by atoms with Crippen LogP contribution in [0.2, 0.25) is 0 Å². The molecule has 2 atom stereocenters. The summed E-state index contributed by atoms with van der Waals surface area (Å²) < 4.78 is 17.1. The van der Waals surface area contributed by atoms with Gasteiger partial charge in [-0.1, -0.05) is 6.07 Å². The van der Waals surface area contributed by atoms with Crippen LogP contribution in [-0.2, 0) is 4.74 Å². The summed E-state index contributed by atoms with van der Waals surface area (Å²) >= 11 is 0. The number of fused-ring (bicyclic) bond motifs is 2. The van der Waals surface area contributed by atoms with Gasteiger partial charge >= 0.3 is 0 Å². The first-order valence-corrected chi connectivity index (χ1v) is 13.2. The molecule has 0 spiro atoms. The second kappa shape index (κ2) is 10.5. The predicted octanol–water partition coefficient (Wildman–Crippen LogP) is 4.22. The third-order valence-electron chi connectivity index (χ3n) is 7.76. The van der Waals surface area contributed by atoms with Gasteiger partial charge in [-0.15, -0.1) is 0 Å². The molecule has 3 aromatic rings. The molecule has 196 valence electrons. The Balaban J connectivity index is 1.12. The maximum absolute atomic E-state index is 9.30. The van der Waals surface area contributed by atoms with Gasteiger partial charge in [0.1, 0.15) is 17.6 Å². The lowest BCUT2D eigenvalue weighted by Gasteiger charge is -2.50. The van der Waals surface area contributed by atoms with Crippen LogP contribution in [0.1, 0.15) is 25.3 Å². The summed E-state index contributed by atoms with van der Waals surface area (Å²) in [6.07, 6.45) is 6.04. The Bertz CT molecular complexity index is 1320. The van der Waals surface area contributed by atoms with E-state index in [9.17, 15) is 5.26 Å². The highest BCUT2D eigenvalue weighted by Crippen LogP contribution is 2.37. The maximum Gasteiger partial charge on any atom is 0.227 e. The Kier molecular flexibility index (Phi) is 6.75. The Morgan fingerprint density at radius 1 is 1.00 bits per heavy atom. The molecule has 38 heavy (non-hydrogen) atoms. The fraction of sp³-hybridized carbons (Fsp3) is 0.414. The van der Waals surface area contributed by atoms with Crippen molar-refractivity contribution in [1.82, 2.24) is 14.9 Å². The minimum absolute atomic E-state index is 0.477. The molecule has 3 saturated heterocycles. The maximum atomic E-state index is 9.30. The zero-order valence-electron chi connectivity index (χ0n) is 21.8. The number of nitrogens with zero attached hydrogens (tertiary/aromatic N) is 5. The van der Waals surface area contributed by atoms with Gasteiger partial charge in [0.15, 0.2) is 0 Å². The SMILES string of the molecule is CCOc1cc(-c2cnc(Nc3ccc(N4CC(N5C6CCC5COC6)C4)cc3OC)nc2)ccc1C#N. The van der Waals surface area contributed by atoms with Gasteiger partial charge in [0, 0.05) is 60.9 Å². The Morgan fingerprint density at radius 2 is 1.76 bits per heavy atom. The van der Waals surface area contributed by atoms with Gasteiger partial charge in [-0.25, -0.2) is 9.97 Å². The molecule has 3 aliphatic rings. The van der Waals surface area contributed by atoms with E-state index >= 15 is 0 Å². The number of hydrogen-bond donors (Lipinski definition) is 1. The molecule has 9 heteroatoms. The van der Waals surface area contributed by atoms with E-state index in [4.69, 9.17) is 14.2 Å². The van der Waals surface area contributed by atoms with Crippen molar-refractivity contribution >= 4 is 17.3 Å². The molecule has 2 bridgehead atoms. The van der Waals surface area contributed by atoms with E-state index < -0.39 is 0 Å². The van der Waals surface area contributed by atoms with Gasteiger partial charge in [0.05, 0.1) is 38.2 Å². The van der Waals surface area contributed by atoms with Gasteiger partial charge in [-0.05, 0) is 49.6 Å². The summed E-state index contributed by atoms with van der Waals surface area (Å²) in [5.74, 6) is 1.79. The molecule has 1 N–H and O–H groups in total. The van der Waals surface area contributed by atoms with Crippen LogP contribution in [0.4, 0.5) is 17.3 Å². The molecule has 6 rings (SSSR count). The molecular formula is C29H32N6O3. The number of ether oxygens (including phenoxy) is 3. The van der Waals surface area contributed by atoms with Gasteiger partial charge in [0.25, 0.3) is 0 Å². The van der Waals surface area contributed by atoms with Crippen molar-refractivity contribution in [3.05, 3.63) is 54.4 Å². The molecule has 4 heterocycles. The first-order chi connectivity index (χ1) is 18.7. The number of aromatic nitrogens is 2. The number of benzene rings is 2. The molecule has 3 fully saturated rings. The van der Waals surface area contributed by atoms with Crippen LogP contribution >= 0.6 is 0 Å². The van der Waals surface area contributed by atoms with Crippen LogP contribution in [-0.4, -0.2) is 73.0 Å². The first-order valence-electron chi connectivity index (χ1n) is 13.2. The second-order valence-corrected chi connectivity index (χ2v) is 9.99. The van der Waals surface area contributed by atoms with Crippen LogP contribution < -0.4 is 19.7 Å². The molecule has 0 radical (unpaired) electrons. The lowest BCUT2D eigenvalue weighted by Crippen LogP contribution is -2.64. The predicted molar refractivity (Wildman–Crippen MR) is 145 cm³/mol. The summed E-state index contributed by atoms with van der Waals surface area (Å²) in [4.78, 5) is 14.1. The van der Waals surface area contributed by atoms with E-state index in [1.165, 1.54) is 12.8 Å². The van der Waals surface area contributed by atoms with Crippen LogP contribution in [0.25, 0.3) is 11.1 Å². The first kappa shape index (κ1) is 24.5. The van der Waals surface area contributed by atoms with Crippen molar-refractivity contribution in [1.29, 1.82) is 5.26 Å². The van der Waals surface area contributed by atoms with Crippen molar-refractivity contribution in [2.24, 2.45) is 0 Å². The van der Waals surface area contributed by atoms with Gasteiger partial charge in [-0.2, -0.15) is 5.26 Å². The fourth-order valence-corrected chi connectivity index (χ4v) is 5.82. The molecule has 9 nitrogen and oxygen atoms in total. The summed E-state index contributed by atoms with van der Waals surface area (Å²) in [5.41, 5.74) is 4.20. The number of anilines is 3. The lowest BCUT2D eigenvalue weighted by atomic mass is 10.0. The van der Waals surface area contributed by atoms with Crippen LogP contribution in [0.5, 0.6) is 11.5 Å². The van der Waals surface area contributed by atoms with Gasteiger partial charge in [0.2, 0.25) is 5.95 Å². The number of nitrogens with one attached hydrogen (secondary N) is 1. The number of hydrogen-bond acceptors (Lipinski definition) is 9. The van der Waals surface area contributed by atoms with Crippen LogP contribution in [0.3, 0.4) is 0 Å². The van der Waals surface area contributed by atoms with Gasteiger partial charge in [-0.3, -0.25) is 4.90 Å². The summed E-state index contributed by atoms with van der Waals surface area (Å²) in [5, 5.41) is 12.6. The molecule has 0 aliphatic carbocycles. The number of morpholine rings is 1. The van der Waals surface area contributed by atoms with E-state index in [1.807, 2.05) is 25.1 Å². The van der Waals surface area contributed by atoms with Crippen molar-refractivity contribution in [2.75, 3.05) is 50.2 Å². The third kappa shape index (κ3) is 4.62.